The van der Waals surface area contributed by atoms with Crippen LogP contribution in [0.15, 0.2) is 18.3 Å². The highest BCUT2D eigenvalue weighted by Gasteiger charge is 2.25. The standard InChI is InChI=1S/C14H20ClNO/c1-2-12-5-3-4-6-13(12)17-14-9-11(10-15)7-8-16-14/h7-9,12-13H,2-6,10H2,1H3. The van der Waals surface area contributed by atoms with Gasteiger partial charge in [0.2, 0.25) is 5.88 Å². The van der Waals surface area contributed by atoms with Gasteiger partial charge in [0, 0.05) is 18.1 Å². The molecule has 0 spiro atoms. The number of nitrogens with zero attached hydrogens (tertiary/aromatic N) is 1. The molecule has 0 N–H and O–H groups in total. The molecule has 17 heavy (non-hydrogen) atoms. The summed E-state index contributed by atoms with van der Waals surface area (Å²) in [6.45, 7) is 2.25. The third-order valence-corrected chi connectivity index (χ3v) is 3.90. The summed E-state index contributed by atoms with van der Waals surface area (Å²) in [6.07, 6.45) is 8.37. The van der Waals surface area contributed by atoms with E-state index in [1.807, 2.05) is 12.1 Å². The van der Waals surface area contributed by atoms with Gasteiger partial charge in [0.25, 0.3) is 0 Å². The maximum atomic E-state index is 6.03. The van der Waals surface area contributed by atoms with Crippen molar-refractivity contribution in [2.45, 2.75) is 51.0 Å². The van der Waals surface area contributed by atoms with E-state index in [1.165, 1.54) is 25.7 Å². The number of ether oxygens (including phenoxy) is 1. The van der Waals surface area contributed by atoms with Crippen LogP contribution in [-0.2, 0) is 5.88 Å². The molecule has 1 aromatic heterocycles. The molecule has 2 nitrogen and oxygen atoms in total. The summed E-state index contributed by atoms with van der Waals surface area (Å²) in [5.74, 6) is 1.93. The van der Waals surface area contributed by atoms with Crippen LogP contribution in [0.3, 0.4) is 0 Å². The molecule has 3 heteroatoms. The van der Waals surface area contributed by atoms with Crippen molar-refractivity contribution in [3.63, 3.8) is 0 Å². The maximum Gasteiger partial charge on any atom is 0.213 e. The first-order valence-electron chi connectivity index (χ1n) is 6.51. The van der Waals surface area contributed by atoms with Gasteiger partial charge in [-0.1, -0.05) is 13.3 Å². The van der Waals surface area contributed by atoms with Crippen LogP contribution in [0.4, 0.5) is 0 Å². The summed E-state index contributed by atoms with van der Waals surface area (Å²) in [7, 11) is 0. The fourth-order valence-corrected chi connectivity index (χ4v) is 2.72. The van der Waals surface area contributed by atoms with Crippen LogP contribution in [0.25, 0.3) is 0 Å². The largest absolute Gasteiger partial charge is 0.474 e. The number of hydrogen-bond donors (Lipinski definition) is 0. The number of alkyl halides is 1. The van der Waals surface area contributed by atoms with Gasteiger partial charge >= 0.3 is 0 Å². The highest BCUT2D eigenvalue weighted by atomic mass is 35.5. The first kappa shape index (κ1) is 12.7. The lowest BCUT2D eigenvalue weighted by Crippen LogP contribution is -2.30. The van der Waals surface area contributed by atoms with Gasteiger partial charge in [0.1, 0.15) is 6.10 Å². The average molecular weight is 254 g/mol. The SMILES string of the molecule is CCC1CCCCC1Oc1cc(CCl)ccn1. The molecule has 1 fully saturated rings. The van der Waals surface area contributed by atoms with Crippen molar-refractivity contribution in [1.29, 1.82) is 0 Å². The van der Waals surface area contributed by atoms with Crippen LogP contribution in [0.1, 0.15) is 44.6 Å². The van der Waals surface area contributed by atoms with Gasteiger partial charge in [-0.25, -0.2) is 4.98 Å². The summed E-state index contributed by atoms with van der Waals surface area (Å²) in [5.41, 5.74) is 1.07. The highest BCUT2D eigenvalue weighted by Crippen LogP contribution is 2.30. The topological polar surface area (TPSA) is 22.1 Å². The smallest absolute Gasteiger partial charge is 0.213 e. The summed E-state index contributed by atoms with van der Waals surface area (Å²) < 4.78 is 6.03. The minimum atomic E-state index is 0.340. The predicted molar refractivity (Wildman–Crippen MR) is 70.5 cm³/mol. The molecule has 1 aromatic rings. The van der Waals surface area contributed by atoms with Crippen LogP contribution in [0, 0.1) is 5.92 Å². The fraction of sp³-hybridized carbons (Fsp3) is 0.643. The van der Waals surface area contributed by atoms with Crippen molar-refractivity contribution in [3.05, 3.63) is 23.9 Å². The third kappa shape index (κ3) is 3.35. The van der Waals surface area contributed by atoms with E-state index >= 15 is 0 Å². The second-order valence-corrected chi connectivity index (χ2v) is 5.01. The Morgan fingerprint density at radius 3 is 3.00 bits per heavy atom. The summed E-state index contributed by atoms with van der Waals surface area (Å²) >= 11 is 5.81. The number of pyridine rings is 1. The quantitative estimate of drug-likeness (QED) is 0.752. The van der Waals surface area contributed by atoms with Crippen LogP contribution in [0.5, 0.6) is 5.88 Å². The second-order valence-electron chi connectivity index (χ2n) is 4.75. The van der Waals surface area contributed by atoms with E-state index in [1.54, 1.807) is 6.20 Å². The van der Waals surface area contributed by atoms with Crippen molar-refractivity contribution in [3.8, 4) is 5.88 Å². The zero-order valence-corrected chi connectivity index (χ0v) is 11.1. The first-order valence-corrected chi connectivity index (χ1v) is 7.04. The van der Waals surface area contributed by atoms with Crippen LogP contribution in [-0.4, -0.2) is 11.1 Å². The lowest BCUT2D eigenvalue weighted by Gasteiger charge is -2.30. The van der Waals surface area contributed by atoms with E-state index in [9.17, 15) is 0 Å². The van der Waals surface area contributed by atoms with E-state index in [2.05, 4.69) is 11.9 Å². The Bertz CT molecular complexity index is 356. The second kappa shape index (κ2) is 6.25. The van der Waals surface area contributed by atoms with Crippen molar-refractivity contribution in [1.82, 2.24) is 4.98 Å². The number of hydrogen-bond acceptors (Lipinski definition) is 2. The summed E-state index contributed by atoms with van der Waals surface area (Å²) in [5, 5.41) is 0. The summed E-state index contributed by atoms with van der Waals surface area (Å²) in [4.78, 5) is 4.27. The molecule has 1 aliphatic carbocycles. The molecule has 1 heterocycles. The lowest BCUT2D eigenvalue weighted by atomic mass is 9.85. The van der Waals surface area contributed by atoms with Gasteiger partial charge < -0.3 is 4.74 Å². The van der Waals surface area contributed by atoms with Gasteiger partial charge in [-0.2, -0.15) is 0 Å². The molecule has 2 atom stereocenters. The highest BCUT2D eigenvalue weighted by molar-refractivity contribution is 6.17. The maximum absolute atomic E-state index is 6.03. The Kier molecular flexibility index (Phi) is 4.66. The van der Waals surface area contributed by atoms with Crippen molar-refractivity contribution in [2.24, 2.45) is 5.92 Å². The van der Waals surface area contributed by atoms with Crippen LogP contribution in [0.2, 0.25) is 0 Å². The molecule has 94 valence electrons. The van der Waals surface area contributed by atoms with Gasteiger partial charge in [-0.15, -0.1) is 11.6 Å². The minimum absolute atomic E-state index is 0.340. The average Bonchev–Trinajstić information content (AvgIpc) is 2.39. The third-order valence-electron chi connectivity index (χ3n) is 3.59. The van der Waals surface area contributed by atoms with Crippen molar-refractivity contribution >= 4 is 11.6 Å². The molecule has 0 radical (unpaired) electrons. The molecule has 0 aliphatic heterocycles. The minimum Gasteiger partial charge on any atom is -0.474 e. The molecule has 2 unspecified atom stereocenters. The van der Waals surface area contributed by atoms with Crippen molar-refractivity contribution in [2.75, 3.05) is 0 Å². The Labute approximate surface area is 108 Å². The Hall–Kier alpha value is -0.760. The van der Waals surface area contributed by atoms with E-state index in [0.29, 0.717) is 17.9 Å². The van der Waals surface area contributed by atoms with Gasteiger partial charge in [0.15, 0.2) is 0 Å². The van der Waals surface area contributed by atoms with E-state index < -0.39 is 0 Å². The molecule has 0 amide bonds. The first-order chi connectivity index (χ1) is 8.33. The van der Waals surface area contributed by atoms with E-state index in [4.69, 9.17) is 16.3 Å². The van der Waals surface area contributed by atoms with E-state index in [-0.39, 0.29) is 0 Å². The zero-order chi connectivity index (χ0) is 12.1. The fourth-order valence-electron chi connectivity index (χ4n) is 2.55. The molecule has 0 bridgehead atoms. The van der Waals surface area contributed by atoms with E-state index in [0.717, 1.165) is 17.9 Å². The molecular formula is C14H20ClNO. The molecule has 1 aliphatic rings. The Morgan fingerprint density at radius 1 is 1.41 bits per heavy atom. The molecule has 2 rings (SSSR count). The predicted octanol–water partition coefficient (Wildman–Crippen LogP) is 4.17. The molecule has 0 saturated heterocycles. The van der Waals surface area contributed by atoms with Crippen molar-refractivity contribution < 1.29 is 4.74 Å². The summed E-state index contributed by atoms with van der Waals surface area (Å²) in [6, 6.07) is 3.88. The van der Waals surface area contributed by atoms with Gasteiger partial charge in [-0.05, 0) is 43.2 Å². The zero-order valence-electron chi connectivity index (χ0n) is 10.4. The molecule has 0 aromatic carbocycles. The Morgan fingerprint density at radius 2 is 2.24 bits per heavy atom. The van der Waals surface area contributed by atoms with Crippen LogP contribution < -0.4 is 4.74 Å². The molecular weight excluding hydrogens is 234 g/mol. The van der Waals surface area contributed by atoms with Crippen LogP contribution >= 0.6 is 11.6 Å². The molecule has 1 saturated carbocycles. The monoisotopic (exact) mass is 253 g/mol. The number of halogens is 1. The lowest BCUT2D eigenvalue weighted by molar-refractivity contribution is 0.0858. The van der Waals surface area contributed by atoms with Gasteiger partial charge in [-0.3, -0.25) is 0 Å². The Balaban J connectivity index is 2.02. The van der Waals surface area contributed by atoms with Gasteiger partial charge in [0.05, 0.1) is 0 Å². The number of aromatic nitrogens is 1. The normalized spacial score (nSPS) is 24.6. The number of rotatable bonds is 4.